The van der Waals surface area contributed by atoms with Gasteiger partial charge >= 0.3 is 0 Å². The smallest absolute Gasteiger partial charge is 0.231 e. The Kier molecular flexibility index (Phi) is 2.29. The van der Waals surface area contributed by atoms with Crippen molar-refractivity contribution in [3.8, 4) is 11.5 Å². The number of hydrogen-bond donors (Lipinski definition) is 2. The van der Waals surface area contributed by atoms with Crippen LogP contribution in [0.15, 0.2) is 23.8 Å². The van der Waals surface area contributed by atoms with Crippen molar-refractivity contribution in [1.82, 2.24) is 4.90 Å². The summed E-state index contributed by atoms with van der Waals surface area (Å²) in [6.45, 7) is 1.99. The summed E-state index contributed by atoms with van der Waals surface area (Å²) >= 11 is 0. The third kappa shape index (κ3) is 1.51. The molecule has 1 aliphatic carbocycles. The van der Waals surface area contributed by atoms with E-state index < -0.39 is 12.2 Å². The van der Waals surface area contributed by atoms with Crippen LogP contribution >= 0.6 is 0 Å². The lowest BCUT2D eigenvalue weighted by Gasteiger charge is -2.34. The predicted octanol–water partition coefficient (Wildman–Crippen LogP) is 0.749. The van der Waals surface area contributed by atoms with Crippen LogP contribution in [0.1, 0.15) is 23.5 Å². The number of nitrogens with zero attached hydrogens (tertiary/aromatic N) is 1. The molecular weight excluding hydrogens is 270 g/mol. The summed E-state index contributed by atoms with van der Waals surface area (Å²) in [6.07, 6.45) is 1.31. The Balaban J connectivity index is 1.63. The first-order valence-electron chi connectivity index (χ1n) is 7.45. The van der Waals surface area contributed by atoms with Crippen molar-refractivity contribution in [2.75, 3.05) is 13.3 Å². The summed E-state index contributed by atoms with van der Waals surface area (Å²) in [5.41, 5.74) is 3.78. The molecule has 1 fully saturated rings. The molecule has 0 saturated carbocycles. The van der Waals surface area contributed by atoms with E-state index in [2.05, 4.69) is 23.1 Å². The van der Waals surface area contributed by atoms with E-state index >= 15 is 0 Å². The van der Waals surface area contributed by atoms with Crippen LogP contribution in [-0.2, 0) is 6.54 Å². The first-order valence-corrected chi connectivity index (χ1v) is 7.45. The SMILES string of the molecule is O[C@H]1[C@H]2C(=CC[C@@H]1O)[C@H]1CN2Cc2cc3c(cc21)OCO3. The Morgan fingerprint density at radius 3 is 2.81 bits per heavy atom. The molecule has 0 radical (unpaired) electrons. The highest BCUT2D eigenvalue weighted by atomic mass is 16.7. The standard InChI is InChI=1S/C16H17NO4/c18-12-2-1-9-11-6-17(15(9)16(12)19)5-8-3-13-14(4-10(8)11)21-7-20-13/h1,3-4,11-12,15-16,18-19H,2,5-7H2/t11-,12+,15-,16-/m1/s1. The van der Waals surface area contributed by atoms with Crippen LogP contribution in [0.4, 0.5) is 0 Å². The quantitative estimate of drug-likeness (QED) is 0.690. The Morgan fingerprint density at radius 2 is 1.95 bits per heavy atom. The Morgan fingerprint density at radius 1 is 1.14 bits per heavy atom. The van der Waals surface area contributed by atoms with Gasteiger partial charge < -0.3 is 19.7 Å². The summed E-state index contributed by atoms with van der Waals surface area (Å²) in [6, 6.07) is 4.11. The number of aliphatic hydroxyl groups excluding tert-OH is 2. The molecule has 0 spiro atoms. The first-order chi connectivity index (χ1) is 10.2. The zero-order valence-corrected chi connectivity index (χ0v) is 11.5. The molecule has 0 amide bonds. The minimum absolute atomic E-state index is 0.0529. The lowest BCUT2D eigenvalue weighted by molar-refractivity contribution is -0.0248. The summed E-state index contributed by atoms with van der Waals surface area (Å²) < 4.78 is 11.0. The molecule has 4 aliphatic rings. The van der Waals surface area contributed by atoms with E-state index in [0.717, 1.165) is 24.6 Å². The Labute approximate surface area is 122 Å². The van der Waals surface area contributed by atoms with Crippen molar-refractivity contribution >= 4 is 0 Å². The number of ether oxygens (including phenoxy) is 2. The fourth-order valence-electron chi connectivity index (χ4n) is 4.27. The molecule has 110 valence electrons. The van der Waals surface area contributed by atoms with Crippen LogP contribution < -0.4 is 9.47 Å². The van der Waals surface area contributed by atoms with Gasteiger partial charge in [-0.05, 0) is 35.3 Å². The summed E-state index contributed by atoms with van der Waals surface area (Å²) in [5, 5.41) is 20.3. The van der Waals surface area contributed by atoms with Crippen LogP contribution in [0.25, 0.3) is 0 Å². The van der Waals surface area contributed by atoms with Crippen molar-refractivity contribution in [1.29, 1.82) is 0 Å². The van der Waals surface area contributed by atoms with Crippen LogP contribution in [0.5, 0.6) is 11.5 Å². The average molecular weight is 287 g/mol. The maximum atomic E-state index is 10.4. The van der Waals surface area contributed by atoms with Crippen molar-refractivity contribution < 1.29 is 19.7 Å². The van der Waals surface area contributed by atoms with E-state index in [1.54, 1.807) is 0 Å². The van der Waals surface area contributed by atoms with Gasteiger partial charge in [0.25, 0.3) is 0 Å². The summed E-state index contributed by atoms with van der Waals surface area (Å²) in [7, 11) is 0. The van der Waals surface area contributed by atoms with E-state index in [4.69, 9.17) is 9.47 Å². The van der Waals surface area contributed by atoms with Gasteiger partial charge in [0.15, 0.2) is 11.5 Å². The normalized spacial score (nSPS) is 38.8. The maximum absolute atomic E-state index is 10.4. The second-order valence-electron chi connectivity index (χ2n) is 6.33. The van der Waals surface area contributed by atoms with E-state index in [1.807, 2.05) is 0 Å². The van der Waals surface area contributed by atoms with Gasteiger partial charge in [-0.1, -0.05) is 6.08 Å². The van der Waals surface area contributed by atoms with E-state index in [0.29, 0.717) is 19.1 Å². The number of rotatable bonds is 0. The van der Waals surface area contributed by atoms with Gasteiger partial charge in [-0.3, -0.25) is 4.90 Å². The largest absolute Gasteiger partial charge is 0.454 e. The predicted molar refractivity (Wildman–Crippen MR) is 74.2 cm³/mol. The van der Waals surface area contributed by atoms with Gasteiger partial charge in [0.2, 0.25) is 6.79 Å². The molecule has 21 heavy (non-hydrogen) atoms. The molecule has 5 heteroatoms. The third-order valence-electron chi connectivity index (χ3n) is 5.25. The maximum Gasteiger partial charge on any atom is 0.231 e. The number of benzene rings is 1. The highest BCUT2D eigenvalue weighted by Gasteiger charge is 2.48. The summed E-state index contributed by atoms with van der Waals surface area (Å²) in [5.74, 6) is 1.94. The third-order valence-corrected chi connectivity index (χ3v) is 5.25. The number of fused-ring (bicyclic) bond motifs is 8. The molecule has 3 heterocycles. The molecule has 5 atom stereocenters. The molecule has 5 rings (SSSR count). The van der Waals surface area contributed by atoms with Crippen molar-refractivity contribution in [2.24, 2.45) is 0 Å². The number of aliphatic hydroxyl groups is 2. The van der Waals surface area contributed by atoms with Crippen LogP contribution in [0, 0.1) is 0 Å². The van der Waals surface area contributed by atoms with E-state index in [1.165, 1.54) is 16.7 Å². The molecule has 2 N–H and O–H groups in total. The van der Waals surface area contributed by atoms with Crippen LogP contribution in [-0.4, -0.2) is 46.7 Å². The molecule has 3 aliphatic heterocycles. The van der Waals surface area contributed by atoms with E-state index in [-0.39, 0.29) is 6.04 Å². The fraction of sp³-hybridized carbons (Fsp3) is 0.500. The van der Waals surface area contributed by atoms with Gasteiger partial charge in [-0.2, -0.15) is 0 Å². The van der Waals surface area contributed by atoms with Crippen molar-refractivity contribution in [3.63, 3.8) is 0 Å². The van der Waals surface area contributed by atoms with Gasteiger partial charge in [-0.25, -0.2) is 0 Å². The zero-order valence-electron chi connectivity index (χ0n) is 11.5. The van der Waals surface area contributed by atoms with Gasteiger partial charge in [0.05, 0.1) is 18.2 Å². The van der Waals surface area contributed by atoms with Gasteiger partial charge in [-0.15, -0.1) is 0 Å². The lowest BCUT2D eigenvalue weighted by atomic mass is 9.82. The molecule has 1 aromatic rings. The zero-order chi connectivity index (χ0) is 14.1. The first kappa shape index (κ1) is 12.0. The Bertz CT molecular complexity index is 656. The van der Waals surface area contributed by atoms with Crippen LogP contribution in [0.3, 0.4) is 0 Å². The minimum atomic E-state index is -0.691. The molecule has 1 saturated heterocycles. The van der Waals surface area contributed by atoms with Crippen LogP contribution in [0.2, 0.25) is 0 Å². The molecule has 1 aromatic carbocycles. The number of hydrogen-bond acceptors (Lipinski definition) is 5. The van der Waals surface area contributed by atoms with Crippen molar-refractivity contribution in [3.05, 3.63) is 34.9 Å². The van der Waals surface area contributed by atoms with Gasteiger partial charge in [0.1, 0.15) is 0 Å². The fourth-order valence-corrected chi connectivity index (χ4v) is 4.27. The molecule has 5 nitrogen and oxygen atoms in total. The summed E-state index contributed by atoms with van der Waals surface area (Å²) in [4.78, 5) is 2.27. The molecule has 0 aromatic heterocycles. The highest BCUT2D eigenvalue weighted by molar-refractivity contribution is 5.54. The topological polar surface area (TPSA) is 62.2 Å². The molecule has 2 bridgehead atoms. The second kappa shape index (κ2) is 4.00. The average Bonchev–Trinajstić information content (AvgIpc) is 3.04. The monoisotopic (exact) mass is 287 g/mol. The van der Waals surface area contributed by atoms with Gasteiger partial charge in [0, 0.05) is 19.0 Å². The lowest BCUT2D eigenvalue weighted by Crippen LogP contribution is -2.47. The minimum Gasteiger partial charge on any atom is -0.454 e. The highest BCUT2D eigenvalue weighted by Crippen LogP contribution is 2.49. The second-order valence-corrected chi connectivity index (χ2v) is 6.33. The van der Waals surface area contributed by atoms with E-state index in [9.17, 15) is 10.2 Å². The van der Waals surface area contributed by atoms with Crippen molar-refractivity contribution in [2.45, 2.75) is 37.1 Å². The Hall–Kier alpha value is -1.56. The molecule has 1 unspecified atom stereocenters. The molecular formula is C16H17NO4.